The molecule has 3 aliphatic carbocycles. The molecule has 4 aliphatic rings. The van der Waals surface area contributed by atoms with Gasteiger partial charge in [-0.05, 0) is 43.7 Å². The summed E-state index contributed by atoms with van der Waals surface area (Å²) in [5, 5.41) is 5.30. The first-order valence-electron chi connectivity index (χ1n) is 8.52. The molecule has 24 heavy (non-hydrogen) atoms. The molecule has 0 N–H and O–H groups in total. The summed E-state index contributed by atoms with van der Waals surface area (Å²) >= 11 is 0. The summed E-state index contributed by atoms with van der Waals surface area (Å²) in [6.07, 6.45) is 7.75. The normalized spacial score (nSPS) is 31.1. The number of para-hydroxylation sites is 1. The molecule has 2 amide bonds. The zero-order chi connectivity index (χ0) is 16.7. The van der Waals surface area contributed by atoms with E-state index in [1.165, 1.54) is 0 Å². The molecular formula is C19H20N2O3. The van der Waals surface area contributed by atoms with Crippen molar-refractivity contribution in [1.82, 2.24) is 5.01 Å². The third-order valence-corrected chi connectivity index (χ3v) is 5.27. The van der Waals surface area contributed by atoms with E-state index in [4.69, 9.17) is 4.74 Å². The summed E-state index contributed by atoms with van der Waals surface area (Å²) in [6.45, 7) is 2.46. The van der Waals surface area contributed by atoms with Crippen LogP contribution in [0.5, 0.6) is 5.75 Å². The number of hydrogen-bond acceptors (Lipinski definition) is 4. The number of rotatable bonds is 4. The lowest BCUT2D eigenvalue weighted by molar-refractivity contribution is -0.140. The number of hydrazone groups is 1. The van der Waals surface area contributed by atoms with E-state index in [1.807, 2.05) is 31.2 Å². The van der Waals surface area contributed by atoms with Gasteiger partial charge < -0.3 is 4.74 Å². The number of hydrogen-bond donors (Lipinski definition) is 0. The molecule has 1 saturated heterocycles. The number of allylic oxidation sites excluding steroid dienone is 2. The zero-order valence-corrected chi connectivity index (χ0v) is 13.6. The lowest BCUT2D eigenvalue weighted by atomic mass is 9.63. The minimum absolute atomic E-state index is 0.158. The van der Waals surface area contributed by atoms with E-state index in [2.05, 4.69) is 17.3 Å². The van der Waals surface area contributed by atoms with Crippen LogP contribution in [-0.2, 0) is 9.59 Å². The lowest BCUT2D eigenvalue weighted by Gasteiger charge is -2.37. The molecule has 1 aromatic rings. The highest BCUT2D eigenvalue weighted by molar-refractivity contribution is 6.06. The summed E-state index contributed by atoms with van der Waals surface area (Å²) in [7, 11) is 0. The van der Waals surface area contributed by atoms with E-state index in [-0.39, 0.29) is 35.5 Å². The van der Waals surface area contributed by atoms with Crippen molar-refractivity contribution < 1.29 is 14.3 Å². The predicted molar refractivity (Wildman–Crippen MR) is 89.4 cm³/mol. The molecule has 2 bridgehead atoms. The Labute approximate surface area is 141 Å². The molecule has 124 valence electrons. The third kappa shape index (κ3) is 2.27. The maximum Gasteiger partial charge on any atom is 0.254 e. The average molecular weight is 324 g/mol. The number of amides is 2. The minimum atomic E-state index is -0.222. The summed E-state index contributed by atoms with van der Waals surface area (Å²) in [6, 6.07) is 7.47. The van der Waals surface area contributed by atoms with Gasteiger partial charge in [-0.1, -0.05) is 24.3 Å². The molecule has 1 aliphatic heterocycles. The largest absolute Gasteiger partial charge is 0.493 e. The monoisotopic (exact) mass is 324 g/mol. The number of fused-ring (bicyclic) bond motifs is 1. The first-order valence-corrected chi connectivity index (χ1v) is 8.52. The Bertz CT molecular complexity index is 708. The van der Waals surface area contributed by atoms with Crippen molar-refractivity contribution in [3.05, 3.63) is 42.0 Å². The Hall–Kier alpha value is -2.43. The molecule has 0 aromatic heterocycles. The van der Waals surface area contributed by atoms with Crippen LogP contribution in [0.3, 0.4) is 0 Å². The molecule has 5 nitrogen and oxygen atoms in total. The Morgan fingerprint density at radius 2 is 1.75 bits per heavy atom. The van der Waals surface area contributed by atoms with Crippen LogP contribution in [0, 0.1) is 23.7 Å². The van der Waals surface area contributed by atoms with Gasteiger partial charge in [0.1, 0.15) is 5.75 Å². The first-order chi connectivity index (χ1) is 11.7. The van der Waals surface area contributed by atoms with Crippen molar-refractivity contribution in [3.63, 3.8) is 0 Å². The van der Waals surface area contributed by atoms with Crippen molar-refractivity contribution in [2.75, 3.05) is 6.61 Å². The van der Waals surface area contributed by atoms with Crippen LogP contribution in [0.1, 0.15) is 25.3 Å². The quantitative estimate of drug-likeness (QED) is 0.486. The highest BCUT2D eigenvalue weighted by Crippen LogP contribution is 2.49. The summed E-state index contributed by atoms with van der Waals surface area (Å²) in [5.41, 5.74) is 0.760. The van der Waals surface area contributed by atoms with Crippen LogP contribution < -0.4 is 4.74 Å². The SMILES string of the molecule is CCOc1ccccc1/C=N\N1C(=O)[C@@H]2[C@H](C1=O)[C@H]1C=C[C@H]2CC1. The molecule has 1 saturated carbocycles. The molecule has 0 spiro atoms. The van der Waals surface area contributed by atoms with E-state index in [9.17, 15) is 9.59 Å². The van der Waals surface area contributed by atoms with Gasteiger partial charge in [-0.3, -0.25) is 9.59 Å². The molecule has 5 heteroatoms. The van der Waals surface area contributed by atoms with Crippen molar-refractivity contribution in [1.29, 1.82) is 0 Å². The van der Waals surface area contributed by atoms with Gasteiger partial charge in [-0.2, -0.15) is 10.1 Å². The molecule has 1 heterocycles. The number of carbonyl (C=O) groups is 2. The summed E-state index contributed by atoms with van der Waals surface area (Å²) < 4.78 is 5.55. The van der Waals surface area contributed by atoms with Gasteiger partial charge in [-0.25, -0.2) is 0 Å². The van der Waals surface area contributed by atoms with Crippen LogP contribution in [0.2, 0.25) is 0 Å². The Morgan fingerprint density at radius 1 is 1.12 bits per heavy atom. The number of benzene rings is 1. The predicted octanol–water partition coefficient (Wildman–Crippen LogP) is 2.62. The highest BCUT2D eigenvalue weighted by Gasteiger charge is 2.56. The molecule has 5 rings (SSSR count). The fourth-order valence-electron chi connectivity index (χ4n) is 4.17. The topological polar surface area (TPSA) is 59.0 Å². The van der Waals surface area contributed by atoms with Crippen LogP contribution in [0.4, 0.5) is 0 Å². The molecular weight excluding hydrogens is 304 g/mol. The standard InChI is InChI=1S/C19H20N2O3/c1-2-24-15-6-4-3-5-14(15)11-20-21-18(22)16-12-7-8-13(10-9-12)17(16)19(21)23/h3-8,11-13,16-17H,2,9-10H2,1H3/b20-11-/t12-,13-,16-,17+/m0/s1. The molecule has 4 atom stereocenters. The van der Waals surface area contributed by atoms with Crippen molar-refractivity contribution >= 4 is 18.0 Å². The van der Waals surface area contributed by atoms with Crippen LogP contribution in [0.15, 0.2) is 41.5 Å². The highest BCUT2D eigenvalue weighted by atomic mass is 16.5. The molecule has 2 fully saturated rings. The minimum Gasteiger partial charge on any atom is -0.493 e. The number of carbonyl (C=O) groups excluding carboxylic acids is 2. The number of ether oxygens (including phenoxy) is 1. The molecule has 0 radical (unpaired) electrons. The fraction of sp³-hybridized carbons (Fsp3) is 0.421. The van der Waals surface area contributed by atoms with E-state index in [0.29, 0.717) is 12.4 Å². The third-order valence-electron chi connectivity index (χ3n) is 5.27. The van der Waals surface area contributed by atoms with E-state index >= 15 is 0 Å². The fourth-order valence-corrected chi connectivity index (χ4v) is 4.17. The van der Waals surface area contributed by atoms with Crippen LogP contribution in [0.25, 0.3) is 0 Å². The Kier molecular flexibility index (Phi) is 3.71. The van der Waals surface area contributed by atoms with Gasteiger partial charge in [0.15, 0.2) is 0 Å². The number of imide groups is 1. The van der Waals surface area contributed by atoms with Crippen LogP contribution in [-0.4, -0.2) is 29.6 Å². The van der Waals surface area contributed by atoms with Gasteiger partial charge >= 0.3 is 0 Å². The average Bonchev–Trinajstić information content (AvgIpc) is 2.89. The van der Waals surface area contributed by atoms with E-state index in [0.717, 1.165) is 23.4 Å². The van der Waals surface area contributed by atoms with Crippen LogP contribution >= 0.6 is 0 Å². The Balaban J connectivity index is 1.60. The van der Waals surface area contributed by atoms with Gasteiger partial charge in [0, 0.05) is 5.56 Å². The van der Waals surface area contributed by atoms with Crippen molar-refractivity contribution in [3.8, 4) is 5.75 Å². The lowest BCUT2D eigenvalue weighted by Crippen LogP contribution is -2.38. The van der Waals surface area contributed by atoms with E-state index < -0.39 is 0 Å². The van der Waals surface area contributed by atoms with Gasteiger partial charge in [0.25, 0.3) is 11.8 Å². The van der Waals surface area contributed by atoms with Crippen molar-refractivity contribution in [2.24, 2.45) is 28.8 Å². The second kappa shape index (κ2) is 5.89. The maximum absolute atomic E-state index is 12.7. The zero-order valence-electron chi connectivity index (χ0n) is 13.6. The van der Waals surface area contributed by atoms with Gasteiger partial charge in [-0.15, -0.1) is 0 Å². The molecule has 0 unspecified atom stereocenters. The number of nitrogens with zero attached hydrogens (tertiary/aromatic N) is 2. The summed E-state index contributed by atoms with van der Waals surface area (Å²) in [4.78, 5) is 25.4. The van der Waals surface area contributed by atoms with E-state index in [1.54, 1.807) is 6.21 Å². The maximum atomic E-state index is 12.7. The van der Waals surface area contributed by atoms with Gasteiger partial charge in [0.05, 0.1) is 24.7 Å². The van der Waals surface area contributed by atoms with Crippen molar-refractivity contribution in [2.45, 2.75) is 19.8 Å². The van der Waals surface area contributed by atoms with Gasteiger partial charge in [0.2, 0.25) is 0 Å². The molecule has 1 aromatic carbocycles. The Morgan fingerprint density at radius 3 is 2.33 bits per heavy atom. The second-order valence-corrected chi connectivity index (χ2v) is 6.55. The smallest absolute Gasteiger partial charge is 0.254 e. The second-order valence-electron chi connectivity index (χ2n) is 6.55. The first kappa shape index (κ1) is 15.1. The summed E-state index contributed by atoms with van der Waals surface area (Å²) in [5.74, 6) is 0.311.